The number of halogens is 1. The normalized spacial score (nSPS) is 17.3. The van der Waals surface area contributed by atoms with E-state index in [2.05, 4.69) is 29.8 Å². The highest BCUT2D eigenvalue weighted by atomic mass is 79.9. The number of rotatable bonds is 0. The quantitative estimate of drug-likeness (QED) is 0.540. The van der Waals surface area contributed by atoms with Gasteiger partial charge in [0.1, 0.15) is 0 Å². The summed E-state index contributed by atoms with van der Waals surface area (Å²) in [7, 11) is 0. The van der Waals surface area contributed by atoms with Gasteiger partial charge in [-0.15, -0.1) is 0 Å². The molecule has 1 aliphatic heterocycles. The Balaban J connectivity index is 0.000000148. The molecule has 2 heteroatoms. The lowest BCUT2D eigenvalue weighted by Crippen LogP contribution is -1.74. The van der Waals surface area contributed by atoms with Crippen LogP contribution in [0.3, 0.4) is 0 Å². The maximum atomic E-state index is 4.94. The Morgan fingerprint density at radius 3 is 1.67 bits per heavy atom. The lowest BCUT2D eigenvalue weighted by atomic mass is 10.4. The Morgan fingerprint density at radius 2 is 1.56 bits per heavy atom. The molecule has 56 valence electrons. The van der Waals surface area contributed by atoms with Crippen LogP contribution >= 0.6 is 15.9 Å². The van der Waals surface area contributed by atoms with E-state index in [1.54, 1.807) is 0 Å². The molecule has 1 nitrogen and oxygen atoms in total. The molecular weight excluding hydrogens is 180 g/mol. The van der Waals surface area contributed by atoms with Crippen LogP contribution in [0.15, 0.2) is 0 Å². The predicted octanol–water partition coefficient (Wildman–Crippen LogP) is 2.59. The van der Waals surface area contributed by atoms with E-state index in [1.165, 1.54) is 12.8 Å². The molecule has 0 unspecified atom stereocenters. The van der Waals surface area contributed by atoms with Gasteiger partial charge in [-0.2, -0.15) is 0 Å². The average Bonchev–Trinajstić information content (AvgIpc) is 2.11. The molecule has 0 saturated carbocycles. The van der Waals surface area contributed by atoms with Crippen LogP contribution < -0.4 is 0 Å². The molecule has 0 radical (unpaired) electrons. The van der Waals surface area contributed by atoms with Crippen molar-refractivity contribution in [2.24, 2.45) is 0 Å². The molecule has 0 spiro atoms. The zero-order valence-electron chi connectivity index (χ0n) is 6.19. The van der Waals surface area contributed by atoms with Gasteiger partial charge in [0, 0.05) is 18.0 Å². The van der Waals surface area contributed by atoms with Crippen molar-refractivity contribution in [3.63, 3.8) is 0 Å². The number of hydrogen-bond acceptors (Lipinski definition) is 1. The monoisotopic (exact) mass is 194 g/mol. The second-order valence-electron chi connectivity index (χ2n) is 2.33. The van der Waals surface area contributed by atoms with Crippen molar-refractivity contribution < 1.29 is 4.74 Å². The number of alkyl halides is 1. The van der Waals surface area contributed by atoms with Gasteiger partial charge in [-0.05, 0) is 12.8 Å². The Labute approximate surface area is 65.9 Å². The van der Waals surface area contributed by atoms with E-state index in [0.29, 0.717) is 4.83 Å². The third-order valence-corrected chi connectivity index (χ3v) is 0.827. The molecule has 1 heterocycles. The van der Waals surface area contributed by atoms with E-state index in [9.17, 15) is 0 Å². The van der Waals surface area contributed by atoms with Crippen molar-refractivity contribution in [3.8, 4) is 0 Å². The molecule has 1 aliphatic rings. The highest BCUT2D eigenvalue weighted by molar-refractivity contribution is 9.09. The molecule has 0 amide bonds. The second kappa shape index (κ2) is 6.56. The minimum Gasteiger partial charge on any atom is -0.381 e. The van der Waals surface area contributed by atoms with Crippen molar-refractivity contribution in [1.82, 2.24) is 0 Å². The van der Waals surface area contributed by atoms with E-state index in [0.717, 1.165) is 13.2 Å². The zero-order valence-corrected chi connectivity index (χ0v) is 7.78. The van der Waals surface area contributed by atoms with E-state index in [1.807, 2.05) is 0 Å². The van der Waals surface area contributed by atoms with Crippen LogP contribution in [0.1, 0.15) is 26.7 Å². The fraction of sp³-hybridized carbons (Fsp3) is 1.00. The third-order valence-electron chi connectivity index (χ3n) is 0.827. The van der Waals surface area contributed by atoms with E-state index < -0.39 is 0 Å². The van der Waals surface area contributed by atoms with Gasteiger partial charge in [0.2, 0.25) is 0 Å². The van der Waals surface area contributed by atoms with Crippen LogP contribution in [0, 0.1) is 0 Å². The number of hydrogen-bond donors (Lipinski definition) is 0. The summed E-state index contributed by atoms with van der Waals surface area (Å²) < 4.78 is 4.94. The molecule has 0 aromatic heterocycles. The lowest BCUT2D eigenvalue weighted by molar-refractivity contribution is 0.198. The zero-order chi connectivity index (χ0) is 7.11. The van der Waals surface area contributed by atoms with Crippen LogP contribution in [-0.4, -0.2) is 18.0 Å². The summed E-state index contributed by atoms with van der Waals surface area (Å²) in [6, 6.07) is 0. The van der Waals surface area contributed by atoms with E-state index in [4.69, 9.17) is 4.74 Å². The van der Waals surface area contributed by atoms with Crippen LogP contribution in [0.5, 0.6) is 0 Å². The van der Waals surface area contributed by atoms with Gasteiger partial charge in [0.05, 0.1) is 0 Å². The van der Waals surface area contributed by atoms with Gasteiger partial charge in [-0.1, -0.05) is 29.8 Å². The standard InChI is InChI=1S/C4H8O.C3H7Br/c1-2-4-5-3-1;1-3(2)4/h1-4H2;3H,1-2H3. The van der Waals surface area contributed by atoms with E-state index >= 15 is 0 Å². The summed E-state index contributed by atoms with van der Waals surface area (Å²) in [4.78, 5) is 0.646. The summed E-state index contributed by atoms with van der Waals surface area (Å²) in [6.45, 7) is 6.17. The molecule has 1 saturated heterocycles. The first kappa shape index (κ1) is 9.44. The van der Waals surface area contributed by atoms with Crippen molar-refractivity contribution in [2.75, 3.05) is 13.2 Å². The van der Waals surface area contributed by atoms with E-state index in [-0.39, 0.29) is 0 Å². The molecule has 1 fully saturated rings. The van der Waals surface area contributed by atoms with Crippen molar-refractivity contribution in [2.45, 2.75) is 31.5 Å². The van der Waals surface area contributed by atoms with Crippen molar-refractivity contribution in [1.29, 1.82) is 0 Å². The van der Waals surface area contributed by atoms with Gasteiger partial charge < -0.3 is 4.74 Å². The first-order chi connectivity index (χ1) is 4.23. The van der Waals surface area contributed by atoms with Gasteiger partial charge in [0.25, 0.3) is 0 Å². The minimum atomic E-state index is 0.646. The topological polar surface area (TPSA) is 9.23 Å². The SMILES string of the molecule is C1CCOC1.CC(C)Br. The fourth-order valence-electron chi connectivity index (χ4n) is 0.510. The minimum absolute atomic E-state index is 0.646. The Hall–Kier alpha value is 0.440. The highest BCUT2D eigenvalue weighted by Gasteiger charge is 1.94. The third kappa shape index (κ3) is 11.8. The summed E-state index contributed by atoms with van der Waals surface area (Å²) in [6.07, 6.45) is 2.56. The molecular formula is C7H15BrO. The Bertz CT molecular complexity index is 40.5. The van der Waals surface area contributed by atoms with Crippen LogP contribution in [-0.2, 0) is 4.74 Å². The van der Waals surface area contributed by atoms with Gasteiger partial charge in [0.15, 0.2) is 0 Å². The molecule has 0 bridgehead atoms. The first-order valence-electron chi connectivity index (χ1n) is 3.45. The van der Waals surface area contributed by atoms with Crippen LogP contribution in [0.4, 0.5) is 0 Å². The molecule has 0 aliphatic carbocycles. The summed E-state index contributed by atoms with van der Waals surface area (Å²) >= 11 is 3.27. The molecule has 0 aromatic carbocycles. The Kier molecular flexibility index (Phi) is 6.88. The van der Waals surface area contributed by atoms with Crippen LogP contribution in [0.2, 0.25) is 0 Å². The van der Waals surface area contributed by atoms with Gasteiger partial charge in [-0.25, -0.2) is 0 Å². The van der Waals surface area contributed by atoms with Gasteiger partial charge in [-0.3, -0.25) is 0 Å². The van der Waals surface area contributed by atoms with Gasteiger partial charge >= 0.3 is 0 Å². The molecule has 0 aromatic rings. The second-order valence-corrected chi connectivity index (χ2v) is 4.16. The maximum Gasteiger partial charge on any atom is 0.0466 e. The largest absolute Gasteiger partial charge is 0.381 e. The first-order valence-corrected chi connectivity index (χ1v) is 4.37. The number of ether oxygens (including phenoxy) is 1. The smallest absolute Gasteiger partial charge is 0.0466 e. The predicted molar refractivity (Wildman–Crippen MR) is 44.1 cm³/mol. The molecule has 0 atom stereocenters. The Morgan fingerprint density at radius 1 is 1.22 bits per heavy atom. The van der Waals surface area contributed by atoms with Crippen molar-refractivity contribution in [3.05, 3.63) is 0 Å². The maximum absolute atomic E-state index is 4.94. The summed E-state index contributed by atoms with van der Waals surface area (Å²) in [5, 5.41) is 0. The average molecular weight is 195 g/mol. The summed E-state index contributed by atoms with van der Waals surface area (Å²) in [5.74, 6) is 0. The van der Waals surface area contributed by atoms with Crippen LogP contribution in [0.25, 0.3) is 0 Å². The molecule has 0 N–H and O–H groups in total. The summed E-state index contributed by atoms with van der Waals surface area (Å²) in [5.41, 5.74) is 0. The van der Waals surface area contributed by atoms with Crippen molar-refractivity contribution >= 4 is 15.9 Å². The lowest BCUT2D eigenvalue weighted by Gasteiger charge is -1.76. The molecule has 9 heavy (non-hydrogen) atoms. The molecule has 1 rings (SSSR count). The fourth-order valence-corrected chi connectivity index (χ4v) is 0.510. The highest BCUT2D eigenvalue weighted by Crippen LogP contribution is 1.98.